The third kappa shape index (κ3) is 1.88. The topological polar surface area (TPSA) is 50.4 Å². The Morgan fingerprint density at radius 1 is 1.09 bits per heavy atom. The van der Waals surface area contributed by atoms with Crippen molar-refractivity contribution in [3.8, 4) is 5.75 Å². The van der Waals surface area contributed by atoms with E-state index in [0.717, 1.165) is 22.5 Å². The number of nitrogens with one attached hydrogen (secondary N) is 2. The zero-order valence-corrected chi connectivity index (χ0v) is 12.4. The molecule has 22 heavy (non-hydrogen) atoms. The van der Waals surface area contributed by atoms with Crippen molar-refractivity contribution in [2.24, 2.45) is 0 Å². The molecule has 0 saturated heterocycles. The lowest BCUT2D eigenvalue weighted by atomic mass is 9.93. The van der Waals surface area contributed by atoms with Crippen molar-refractivity contribution in [3.63, 3.8) is 0 Å². The first-order chi connectivity index (χ1) is 10.6. The van der Waals surface area contributed by atoms with Gasteiger partial charge in [0.05, 0.1) is 22.5 Å². The fraction of sp³-hybridized carbons (Fsp3) is 0.167. The van der Waals surface area contributed by atoms with Crippen molar-refractivity contribution < 1.29 is 9.53 Å². The van der Waals surface area contributed by atoms with E-state index in [1.165, 1.54) is 0 Å². The van der Waals surface area contributed by atoms with E-state index in [1.807, 2.05) is 50.2 Å². The Balaban J connectivity index is 1.83. The first-order valence-corrected chi connectivity index (χ1v) is 7.28. The molecule has 0 spiro atoms. The summed E-state index contributed by atoms with van der Waals surface area (Å²) in [6.07, 6.45) is 1.27. The van der Waals surface area contributed by atoms with Crippen LogP contribution in [0, 0.1) is 13.8 Å². The van der Waals surface area contributed by atoms with E-state index >= 15 is 0 Å². The SMILES string of the molecule is Cc1cc(C)c2c(c1)O[C@H]1Nc3ccccc3NC=C1C2=O. The van der Waals surface area contributed by atoms with Crippen LogP contribution in [0.5, 0.6) is 5.75 Å². The molecular formula is C18H16N2O2. The second kappa shape index (κ2) is 4.63. The Morgan fingerprint density at radius 3 is 2.68 bits per heavy atom. The van der Waals surface area contributed by atoms with Crippen LogP contribution in [0.1, 0.15) is 21.5 Å². The number of carbonyl (C=O) groups excluding carboxylic acids is 1. The Labute approximate surface area is 128 Å². The normalized spacial score (nSPS) is 18.5. The Morgan fingerprint density at radius 2 is 1.86 bits per heavy atom. The maximum Gasteiger partial charge on any atom is 0.201 e. The molecule has 4 rings (SSSR count). The predicted octanol–water partition coefficient (Wildman–Crippen LogP) is 3.63. The summed E-state index contributed by atoms with van der Waals surface area (Å²) < 4.78 is 6.06. The number of anilines is 2. The third-order valence-corrected chi connectivity index (χ3v) is 4.06. The number of hydrogen-bond acceptors (Lipinski definition) is 4. The third-order valence-electron chi connectivity index (χ3n) is 4.06. The first-order valence-electron chi connectivity index (χ1n) is 7.28. The lowest BCUT2D eigenvalue weighted by molar-refractivity contribution is 0.0973. The zero-order chi connectivity index (χ0) is 15.3. The van der Waals surface area contributed by atoms with Crippen LogP contribution in [-0.2, 0) is 0 Å². The summed E-state index contributed by atoms with van der Waals surface area (Å²) in [5.41, 5.74) is 5.13. The summed E-state index contributed by atoms with van der Waals surface area (Å²) in [7, 11) is 0. The second-order valence-corrected chi connectivity index (χ2v) is 5.72. The van der Waals surface area contributed by atoms with E-state index in [4.69, 9.17) is 4.74 Å². The van der Waals surface area contributed by atoms with E-state index in [0.29, 0.717) is 16.9 Å². The molecule has 0 fully saturated rings. The first kappa shape index (κ1) is 13.0. The van der Waals surface area contributed by atoms with Crippen LogP contribution < -0.4 is 15.4 Å². The van der Waals surface area contributed by atoms with Crippen molar-refractivity contribution in [1.82, 2.24) is 0 Å². The van der Waals surface area contributed by atoms with E-state index in [-0.39, 0.29) is 5.78 Å². The van der Waals surface area contributed by atoms with E-state index < -0.39 is 6.23 Å². The van der Waals surface area contributed by atoms with Crippen LogP contribution in [0.3, 0.4) is 0 Å². The number of benzene rings is 2. The molecule has 0 aromatic heterocycles. The highest BCUT2D eigenvalue weighted by atomic mass is 16.5. The predicted molar refractivity (Wildman–Crippen MR) is 86.4 cm³/mol. The van der Waals surface area contributed by atoms with Gasteiger partial charge in [-0.1, -0.05) is 18.2 Å². The van der Waals surface area contributed by atoms with Crippen LogP contribution in [0.2, 0.25) is 0 Å². The molecule has 1 atom stereocenters. The quantitative estimate of drug-likeness (QED) is 0.778. The summed E-state index contributed by atoms with van der Waals surface area (Å²) in [5, 5.41) is 6.49. The molecule has 2 aliphatic rings. The average molecular weight is 292 g/mol. The molecule has 0 amide bonds. The van der Waals surface area contributed by atoms with Gasteiger partial charge in [-0.2, -0.15) is 0 Å². The van der Waals surface area contributed by atoms with Crippen molar-refractivity contribution >= 4 is 17.2 Å². The highest BCUT2D eigenvalue weighted by Gasteiger charge is 2.34. The maximum atomic E-state index is 12.9. The summed E-state index contributed by atoms with van der Waals surface area (Å²) >= 11 is 0. The van der Waals surface area contributed by atoms with Crippen LogP contribution in [0.4, 0.5) is 11.4 Å². The van der Waals surface area contributed by atoms with Crippen LogP contribution in [-0.4, -0.2) is 12.0 Å². The minimum atomic E-state index is -0.475. The maximum absolute atomic E-state index is 12.9. The van der Waals surface area contributed by atoms with E-state index in [9.17, 15) is 4.79 Å². The highest BCUT2D eigenvalue weighted by Crippen LogP contribution is 2.36. The van der Waals surface area contributed by atoms with E-state index in [1.54, 1.807) is 6.20 Å². The van der Waals surface area contributed by atoms with Crippen molar-refractivity contribution in [1.29, 1.82) is 0 Å². The Kier molecular flexibility index (Phi) is 2.73. The number of rotatable bonds is 0. The molecule has 2 aliphatic heterocycles. The van der Waals surface area contributed by atoms with Crippen molar-refractivity contribution in [2.45, 2.75) is 20.1 Å². The molecule has 2 aromatic rings. The van der Waals surface area contributed by atoms with Gasteiger partial charge in [-0.25, -0.2) is 0 Å². The molecule has 2 aromatic carbocycles. The van der Waals surface area contributed by atoms with Gasteiger partial charge in [0.25, 0.3) is 0 Å². The zero-order valence-electron chi connectivity index (χ0n) is 12.4. The number of hydrogen-bond donors (Lipinski definition) is 2. The molecular weight excluding hydrogens is 276 g/mol. The molecule has 4 nitrogen and oxygen atoms in total. The van der Waals surface area contributed by atoms with Gasteiger partial charge in [-0.3, -0.25) is 4.79 Å². The summed E-state index contributed by atoms with van der Waals surface area (Å²) in [5.74, 6) is 0.660. The highest BCUT2D eigenvalue weighted by molar-refractivity contribution is 6.13. The standard InChI is InChI=1S/C18H16N2O2/c1-10-7-11(2)16-15(8-10)22-18-12(17(16)21)9-19-13-5-3-4-6-14(13)20-18/h3-9,18-20H,1-2H3/t18-/m1/s1. The van der Waals surface area contributed by atoms with Gasteiger partial charge in [0.1, 0.15) is 5.75 Å². The van der Waals surface area contributed by atoms with Crippen molar-refractivity contribution in [2.75, 3.05) is 10.6 Å². The lowest BCUT2D eigenvalue weighted by Crippen LogP contribution is -2.36. The number of Topliss-reactive ketones (excluding diaryl/α,β-unsaturated/α-hetero) is 1. The van der Waals surface area contributed by atoms with Crippen LogP contribution in [0.25, 0.3) is 0 Å². The number of aryl methyl sites for hydroxylation is 2. The smallest absolute Gasteiger partial charge is 0.201 e. The monoisotopic (exact) mass is 292 g/mol. The number of ketones is 1. The number of para-hydroxylation sites is 2. The summed E-state index contributed by atoms with van der Waals surface area (Å²) in [6.45, 7) is 3.95. The van der Waals surface area contributed by atoms with Crippen LogP contribution >= 0.6 is 0 Å². The van der Waals surface area contributed by atoms with Crippen LogP contribution in [0.15, 0.2) is 48.2 Å². The van der Waals surface area contributed by atoms with E-state index in [2.05, 4.69) is 10.6 Å². The summed E-state index contributed by atoms with van der Waals surface area (Å²) in [6, 6.07) is 11.8. The van der Waals surface area contributed by atoms with Gasteiger partial charge in [0.2, 0.25) is 6.23 Å². The minimum absolute atomic E-state index is 0.0107. The summed E-state index contributed by atoms with van der Waals surface area (Å²) in [4.78, 5) is 12.9. The Hall–Kier alpha value is -2.75. The second-order valence-electron chi connectivity index (χ2n) is 5.72. The molecule has 0 bridgehead atoms. The molecule has 4 heteroatoms. The molecule has 0 aliphatic carbocycles. The van der Waals surface area contributed by atoms with Crippen molar-refractivity contribution in [3.05, 3.63) is 64.9 Å². The van der Waals surface area contributed by atoms with Gasteiger partial charge < -0.3 is 15.4 Å². The van der Waals surface area contributed by atoms with Gasteiger partial charge in [-0.05, 0) is 43.2 Å². The number of fused-ring (bicyclic) bond motifs is 3. The van der Waals surface area contributed by atoms with Gasteiger partial charge in [0.15, 0.2) is 5.78 Å². The molecule has 0 radical (unpaired) electrons. The largest absolute Gasteiger partial charge is 0.465 e. The fourth-order valence-corrected chi connectivity index (χ4v) is 3.05. The van der Waals surface area contributed by atoms with Gasteiger partial charge in [-0.15, -0.1) is 0 Å². The molecule has 2 heterocycles. The molecule has 0 unspecified atom stereocenters. The minimum Gasteiger partial charge on any atom is -0.465 e. The average Bonchev–Trinajstić information content (AvgIpc) is 2.65. The number of ether oxygens (including phenoxy) is 1. The molecule has 2 N–H and O–H groups in total. The van der Waals surface area contributed by atoms with Gasteiger partial charge in [0, 0.05) is 6.20 Å². The fourth-order valence-electron chi connectivity index (χ4n) is 3.05. The molecule has 110 valence electrons. The van der Waals surface area contributed by atoms with Gasteiger partial charge >= 0.3 is 0 Å². The number of carbonyl (C=O) groups is 1. The molecule has 0 saturated carbocycles. The Bertz CT molecular complexity index is 824. The lowest BCUT2D eigenvalue weighted by Gasteiger charge is -2.29.